The Bertz CT molecular complexity index is 908. The molecule has 30 heavy (non-hydrogen) atoms. The Morgan fingerprint density at radius 3 is 2.47 bits per heavy atom. The van der Waals surface area contributed by atoms with E-state index >= 15 is 0 Å². The van der Waals surface area contributed by atoms with Gasteiger partial charge in [-0.15, -0.1) is 13.2 Å². The summed E-state index contributed by atoms with van der Waals surface area (Å²) < 4.78 is 41.5. The van der Waals surface area contributed by atoms with Crippen molar-refractivity contribution in [3.63, 3.8) is 0 Å². The van der Waals surface area contributed by atoms with Crippen LogP contribution in [-0.4, -0.2) is 41.2 Å². The highest BCUT2D eigenvalue weighted by Crippen LogP contribution is 2.27. The average molecular weight is 419 g/mol. The number of carbonyl (C=O) groups excluding carboxylic acids is 2. The Kier molecular flexibility index (Phi) is 6.71. The maximum absolute atomic E-state index is 12.5. The Labute approximate surface area is 171 Å². The maximum Gasteiger partial charge on any atom is 0.573 e. The zero-order chi connectivity index (χ0) is 21.6. The van der Waals surface area contributed by atoms with Gasteiger partial charge >= 0.3 is 6.36 Å². The fourth-order valence-electron chi connectivity index (χ4n) is 3.13. The van der Waals surface area contributed by atoms with Gasteiger partial charge in [-0.25, -0.2) is 4.98 Å². The molecule has 158 valence electrons. The summed E-state index contributed by atoms with van der Waals surface area (Å²) in [6.07, 6.45) is 0.265. The number of likely N-dealkylation sites (tertiary alicyclic amines) is 1. The lowest BCUT2D eigenvalue weighted by molar-refractivity contribution is -0.274. The van der Waals surface area contributed by atoms with Crippen LogP contribution >= 0.6 is 0 Å². The first-order valence-corrected chi connectivity index (χ1v) is 9.35. The number of pyridine rings is 1. The van der Waals surface area contributed by atoms with Gasteiger partial charge in [0.2, 0.25) is 11.8 Å². The molecule has 2 amide bonds. The lowest BCUT2D eigenvalue weighted by Gasteiger charge is -2.30. The van der Waals surface area contributed by atoms with Gasteiger partial charge in [-0.3, -0.25) is 9.59 Å². The molecule has 0 unspecified atom stereocenters. The second-order valence-electron chi connectivity index (χ2n) is 6.72. The molecule has 1 aromatic heterocycles. The first kappa shape index (κ1) is 21.4. The van der Waals surface area contributed by atoms with E-state index in [0.29, 0.717) is 31.7 Å². The van der Waals surface area contributed by atoms with Gasteiger partial charge in [0, 0.05) is 36.8 Å². The molecule has 0 spiro atoms. The van der Waals surface area contributed by atoms with Crippen LogP contribution in [0.2, 0.25) is 0 Å². The Hall–Kier alpha value is -3.36. The summed E-state index contributed by atoms with van der Waals surface area (Å²) in [6.45, 7) is 0.758. The van der Waals surface area contributed by atoms with Gasteiger partial charge in [0.15, 0.2) is 0 Å². The molecular formula is C21H20F3N3O3. The number of hydrogen-bond acceptors (Lipinski definition) is 4. The standard InChI is InChI=1S/C21H20F3N3O3/c22-21(23,24)30-17-6-2-1-5-15(17)8-9-19(28)27-13-10-16(11-14-27)20(29)26-18-7-3-4-12-25-18/h1-9,12,16H,10-11,13-14H2,(H,25,26,29). The van der Waals surface area contributed by atoms with Gasteiger partial charge in [0.25, 0.3) is 0 Å². The van der Waals surface area contributed by atoms with Crippen LogP contribution < -0.4 is 10.1 Å². The molecule has 6 nitrogen and oxygen atoms in total. The lowest BCUT2D eigenvalue weighted by atomic mass is 9.96. The van der Waals surface area contributed by atoms with Crippen molar-refractivity contribution in [2.75, 3.05) is 18.4 Å². The minimum atomic E-state index is -4.81. The van der Waals surface area contributed by atoms with Crippen LogP contribution in [0.25, 0.3) is 6.08 Å². The molecule has 9 heteroatoms. The molecule has 1 saturated heterocycles. The Morgan fingerprint density at radius 1 is 1.10 bits per heavy atom. The van der Waals surface area contributed by atoms with Gasteiger partial charge in [0.05, 0.1) is 0 Å². The summed E-state index contributed by atoms with van der Waals surface area (Å²) in [5.74, 6) is -0.612. The molecule has 2 heterocycles. The fraction of sp³-hybridized carbons (Fsp3) is 0.286. The summed E-state index contributed by atoms with van der Waals surface area (Å²) >= 11 is 0. The van der Waals surface area contributed by atoms with Crippen molar-refractivity contribution in [1.29, 1.82) is 0 Å². The number of nitrogens with one attached hydrogen (secondary N) is 1. The first-order chi connectivity index (χ1) is 14.3. The molecule has 0 bridgehead atoms. The van der Waals surface area contributed by atoms with Crippen LogP contribution in [0.5, 0.6) is 5.75 Å². The summed E-state index contributed by atoms with van der Waals surface area (Å²) in [4.78, 5) is 30.3. The van der Waals surface area contributed by atoms with Crippen molar-refractivity contribution in [2.24, 2.45) is 5.92 Å². The summed E-state index contributed by atoms with van der Waals surface area (Å²) in [7, 11) is 0. The van der Waals surface area contributed by atoms with Gasteiger partial charge in [-0.1, -0.05) is 24.3 Å². The summed E-state index contributed by atoms with van der Waals surface area (Å²) in [6, 6.07) is 10.8. The van der Waals surface area contributed by atoms with E-state index in [2.05, 4.69) is 15.0 Å². The van der Waals surface area contributed by atoms with Crippen molar-refractivity contribution in [3.8, 4) is 5.75 Å². The SMILES string of the molecule is O=C(Nc1ccccn1)C1CCN(C(=O)C=Cc2ccccc2OC(F)(F)F)CC1. The van der Waals surface area contributed by atoms with Gasteiger partial charge in [-0.2, -0.15) is 0 Å². The number of carbonyl (C=O) groups is 2. The van der Waals surface area contributed by atoms with E-state index < -0.39 is 6.36 Å². The highest BCUT2D eigenvalue weighted by molar-refractivity contribution is 5.93. The van der Waals surface area contributed by atoms with Gasteiger partial charge in [-0.05, 0) is 37.1 Å². The van der Waals surface area contributed by atoms with E-state index in [1.165, 1.54) is 30.4 Å². The van der Waals surface area contributed by atoms with Crippen LogP contribution in [0, 0.1) is 5.92 Å². The molecule has 3 rings (SSSR count). The fourth-order valence-corrected chi connectivity index (χ4v) is 3.13. The number of nitrogens with zero attached hydrogens (tertiary/aromatic N) is 2. The topological polar surface area (TPSA) is 71.5 Å². The predicted molar refractivity (Wildman–Crippen MR) is 104 cm³/mol. The molecule has 2 aromatic rings. The Morgan fingerprint density at radius 2 is 1.80 bits per heavy atom. The molecular weight excluding hydrogens is 399 g/mol. The number of hydrogen-bond donors (Lipinski definition) is 1. The van der Waals surface area contributed by atoms with E-state index in [1.807, 2.05) is 0 Å². The van der Waals surface area contributed by atoms with Crippen molar-refractivity contribution in [2.45, 2.75) is 19.2 Å². The minimum Gasteiger partial charge on any atom is -0.405 e. The molecule has 0 radical (unpaired) electrons. The smallest absolute Gasteiger partial charge is 0.405 e. The molecule has 0 aliphatic carbocycles. The normalized spacial score (nSPS) is 15.2. The second kappa shape index (κ2) is 9.43. The van der Waals surface area contributed by atoms with Crippen LogP contribution in [0.4, 0.5) is 19.0 Å². The number of rotatable bonds is 5. The molecule has 1 aliphatic rings. The van der Waals surface area contributed by atoms with Crippen molar-refractivity contribution in [1.82, 2.24) is 9.88 Å². The largest absolute Gasteiger partial charge is 0.573 e. The number of amides is 2. The highest BCUT2D eigenvalue weighted by Gasteiger charge is 2.32. The zero-order valence-corrected chi connectivity index (χ0v) is 15.9. The summed E-state index contributed by atoms with van der Waals surface area (Å²) in [5.41, 5.74) is 0.146. The molecule has 1 aliphatic heterocycles. The maximum atomic E-state index is 12.5. The predicted octanol–water partition coefficient (Wildman–Crippen LogP) is 3.87. The summed E-state index contributed by atoms with van der Waals surface area (Å²) in [5, 5.41) is 2.75. The van der Waals surface area contributed by atoms with E-state index in [4.69, 9.17) is 0 Å². The number of halogens is 3. The molecule has 1 fully saturated rings. The van der Waals surface area contributed by atoms with Gasteiger partial charge < -0.3 is 15.0 Å². The lowest BCUT2D eigenvalue weighted by Crippen LogP contribution is -2.40. The average Bonchev–Trinajstić information content (AvgIpc) is 2.72. The van der Waals surface area contributed by atoms with E-state index in [9.17, 15) is 22.8 Å². The van der Waals surface area contributed by atoms with E-state index in [1.54, 1.807) is 35.4 Å². The number of piperidine rings is 1. The number of para-hydroxylation sites is 1. The number of benzene rings is 1. The third-order valence-corrected chi connectivity index (χ3v) is 4.64. The van der Waals surface area contributed by atoms with Crippen LogP contribution in [0.1, 0.15) is 18.4 Å². The van der Waals surface area contributed by atoms with Gasteiger partial charge in [0.1, 0.15) is 11.6 Å². The molecule has 0 saturated carbocycles. The van der Waals surface area contributed by atoms with Crippen molar-refractivity contribution >= 4 is 23.7 Å². The minimum absolute atomic E-state index is 0.144. The molecule has 1 N–H and O–H groups in total. The number of aromatic nitrogens is 1. The van der Waals surface area contributed by atoms with Crippen LogP contribution in [-0.2, 0) is 9.59 Å². The van der Waals surface area contributed by atoms with E-state index in [0.717, 1.165) is 0 Å². The highest BCUT2D eigenvalue weighted by atomic mass is 19.4. The Balaban J connectivity index is 1.54. The second-order valence-corrected chi connectivity index (χ2v) is 6.72. The third-order valence-electron chi connectivity index (χ3n) is 4.64. The molecule has 1 aromatic carbocycles. The first-order valence-electron chi connectivity index (χ1n) is 9.35. The number of alkyl halides is 3. The molecule has 0 atom stereocenters. The zero-order valence-electron chi connectivity index (χ0n) is 15.9. The van der Waals surface area contributed by atoms with E-state index in [-0.39, 0.29) is 29.0 Å². The van der Waals surface area contributed by atoms with Crippen LogP contribution in [0.15, 0.2) is 54.7 Å². The monoisotopic (exact) mass is 419 g/mol. The number of ether oxygens (including phenoxy) is 1. The van der Waals surface area contributed by atoms with Crippen molar-refractivity contribution < 1.29 is 27.5 Å². The quantitative estimate of drug-likeness (QED) is 0.747. The van der Waals surface area contributed by atoms with Crippen molar-refractivity contribution in [3.05, 3.63) is 60.3 Å². The van der Waals surface area contributed by atoms with Crippen LogP contribution in [0.3, 0.4) is 0 Å². The number of anilines is 1. The third kappa shape index (κ3) is 6.07.